The molecule has 0 aromatic heterocycles. The number of halogens is 1. The highest BCUT2D eigenvalue weighted by Gasteiger charge is 2.53. The molecule has 5 fully saturated rings. The molecule has 4 bridgehead atoms. The topological polar surface area (TPSA) is 125 Å². The van der Waals surface area contributed by atoms with Crippen LogP contribution in [0.2, 0.25) is 0 Å². The molecule has 5 saturated carbocycles. The van der Waals surface area contributed by atoms with Gasteiger partial charge in [0.2, 0.25) is 11.8 Å². The van der Waals surface area contributed by atoms with Gasteiger partial charge in [-0.3, -0.25) is 14.4 Å². The molecule has 7 rings (SSSR count). The number of carbonyl (C=O) groups is 3. The lowest BCUT2D eigenvalue weighted by Gasteiger charge is -2.59. The van der Waals surface area contributed by atoms with Gasteiger partial charge in [-0.15, -0.1) is 0 Å². The molecule has 0 heterocycles. The molecule has 234 valence electrons. The molecule has 1 aromatic rings. The third kappa shape index (κ3) is 6.20. The molecule has 0 radical (unpaired) electrons. The molecule has 9 nitrogen and oxygen atoms in total. The number of aldehydes is 1. The predicted molar refractivity (Wildman–Crippen MR) is 168 cm³/mol. The van der Waals surface area contributed by atoms with Crippen LogP contribution in [0.25, 0.3) is 0 Å². The Hall–Kier alpha value is -2.18. The van der Waals surface area contributed by atoms with Gasteiger partial charge in [-0.1, -0.05) is 6.42 Å². The van der Waals surface area contributed by atoms with E-state index in [0.29, 0.717) is 32.8 Å². The van der Waals surface area contributed by atoms with E-state index in [1.54, 1.807) is 18.2 Å². The van der Waals surface area contributed by atoms with Gasteiger partial charge in [0, 0.05) is 36.6 Å². The van der Waals surface area contributed by atoms with Crippen molar-refractivity contribution in [3.8, 4) is 11.5 Å². The van der Waals surface area contributed by atoms with E-state index in [0.717, 1.165) is 62.6 Å². The van der Waals surface area contributed by atoms with Crippen LogP contribution < -0.4 is 14.8 Å². The molecule has 0 spiro atoms. The monoisotopic (exact) mass is 706 g/mol. The summed E-state index contributed by atoms with van der Waals surface area (Å²) < 4.78 is 12.6. The zero-order chi connectivity index (χ0) is 30.3. The molecule has 1 aromatic carbocycles. The van der Waals surface area contributed by atoms with Crippen molar-refractivity contribution in [3.63, 3.8) is 0 Å². The summed E-state index contributed by atoms with van der Waals surface area (Å²) >= 11 is 2.07. The first-order chi connectivity index (χ1) is 20.7. The van der Waals surface area contributed by atoms with Gasteiger partial charge >= 0.3 is 0 Å². The molecule has 2 amide bonds. The van der Waals surface area contributed by atoms with E-state index in [2.05, 4.69) is 27.9 Å². The van der Waals surface area contributed by atoms with Gasteiger partial charge in [0.15, 0.2) is 11.5 Å². The number of benzene rings is 1. The Bertz CT molecular complexity index is 1240. The molecule has 0 saturated heterocycles. The van der Waals surface area contributed by atoms with Crippen molar-refractivity contribution in [2.24, 2.45) is 29.1 Å². The number of carbonyl (C=O) groups excluding carboxylic acids is 3. The van der Waals surface area contributed by atoms with Crippen molar-refractivity contribution < 1.29 is 34.1 Å². The summed E-state index contributed by atoms with van der Waals surface area (Å²) in [6, 6.07) is 2.62. The zero-order valence-corrected chi connectivity index (χ0v) is 27.0. The van der Waals surface area contributed by atoms with Gasteiger partial charge in [0.25, 0.3) is 0 Å². The van der Waals surface area contributed by atoms with Crippen LogP contribution in [0, 0.1) is 32.7 Å². The predicted octanol–water partition coefficient (Wildman–Crippen LogP) is 3.87. The maximum atomic E-state index is 14.2. The average molecular weight is 707 g/mol. The standard InChI is InChI=1S/C33H43IN2O7/c1-42-28-11-22(17-38)10-25(34)30(28)43-27-13-24(31(40)35-5-6-37)12-26(29(27)39)36(32(41)23-3-2-4-23)18-33-14-19-7-20(15-33)9-21(8-19)16-33/h10-11,13,17,19-21,23,26-27,29,37,39H,2-9,12,14-16,18H2,1H3,(H,35,40). The highest BCUT2D eigenvalue weighted by atomic mass is 127. The number of aliphatic hydroxyl groups excluding tert-OH is 2. The number of ether oxygens (including phenoxy) is 2. The SMILES string of the molecule is COc1cc(C=O)cc(I)c1OC1C=C(C(=O)NCCO)CC(N(CC23CC4CC(CC(C4)C2)C3)C(=O)C2CCC2)C1O. The van der Waals surface area contributed by atoms with Gasteiger partial charge < -0.3 is 29.9 Å². The molecule has 43 heavy (non-hydrogen) atoms. The van der Waals surface area contributed by atoms with Crippen LogP contribution >= 0.6 is 22.6 Å². The Morgan fingerprint density at radius 2 is 1.81 bits per heavy atom. The minimum Gasteiger partial charge on any atom is -0.493 e. The Morgan fingerprint density at radius 3 is 2.37 bits per heavy atom. The minimum atomic E-state index is -1.08. The lowest BCUT2D eigenvalue weighted by molar-refractivity contribution is -0.153. The van der Waals surface area contributed by atoms with E-state index in [4.69, 9.17) is 9.47 Å². The number of amides is 2. The van der Waals surface area contributed by atoms with Gasteiger partial charge in [-0.25, -0.2) is 0 Å². The van der Waals surface area contributed by atoms with Gasteiger partial charge in [-0.05, 0) is 115 Å². The third-order valence-corrected chi connectivity index (χ3v) is 11.5. The van der Waals surface area contributed by atoms with Gasteiger partial charge in [0.1, 0.15) is 18.5 Å². The van der Waals surface area contributed by atoms with E-state index < -0.39 is 18.2 Å². The second kappa shape index (κ2) is 12.7. The number of nitrogens with one attached hydrogen (secondary N) is 1. The van der Waals surface area contributed by atoms with Gasteiger partial charge in [0.05, 0.1) is 23.3 Å². The molecule has 10 heteroatoms. The van der Waals surface area contributed by atoms with Crippen molar-refractivity contribution in [2.45, 2.75) is 82.5 Å². The number of aliphatic hydroxyl groups is 2. The Balaban J connectivity index is 1.34. The number of nitrogens with zero attached hydrogens (tertiary/aromatic N) is 1. The lowest BCUT2D eigenvalue weighted by atomic mass is 9.49. The first-order valence-corrected chi connectivity index (χ1v) is 16.9. The smallest absolute Gasteiger partial charge is 0.247 e. The first-order valence-electron chi connectivity index (χ1n) is 15.8. The van der Waals surface area contributed by atoms with Crippen molar-refractivity contribution in [1.29, 1.82) is 0 Å². The van der Waals surface area contributed by atoms with Crippen LogP contribution in [0.3, 0.4) is 0 Å². The summed E-state index contributed by atoms with van der Waals surface area (Å²) in [6.07, 6.45) is 10.6. The van der Waals surface area contributed by atoms with Crippen LogP contribution in [-0.4, -0.2) is 78.3 Å². The van der Waals surface area contributed by atoms with Crippen molar-refractivity contribution in [3.05, 3.63) is 32.9 Å². The van der Waals surface area contributed by atoms with Crippen LogP contribution in [0.15, 0.2) is 23.8 Å². The second-order valence-electron chi connectivity index (χ2n) is 13.7. The molecular formula is C33H43IN2O7. The summed E-state index contributed by atoms with van der Waals surface area (Å²) in [7, 11) is 1.49. The maximum Gasteiger partial charge on any atom is 0.247 e. The maximum absolute atomic E-state index is 14.2. The normalized spacial score (nSPS) is 32.9. The largest absolute Gasteiger partial charge is 0.493 e. The fourth-order valence-electron chi connectivity index (χ4n) is 8.93. The molecule has 0 aliphatic heterocycles. The lowest BCUT2D eigenvalue weighted by Crippen LogP contribution is -2.60. The van der Waals surface area contributed by atoms with Crippen molar-refractivity contribution in [1.82, 2.24) is 10.2 Å². The zero-order valence-electron chi connectivity index (χ0n) is 24.8. The summed E-state index contributed by atoms with van der Waals surface area (Å²) in [4.78, 5) is 40.9. The number of rotatable bonds is 11. The minimum absolute atomic E-state index is 0.0463. The average Bonchev–Trinajstić information content (AvgIpc) is 2.94. The highest BCUT2D eigenvalue weighted by Crippen LogP contribution is 2.60. The van der Waals surface area contributed by atoms with Crippen molar-refractivity contribution >= 4 is 40.7 Å². The van der Waals surface area contributed by atoms with E-state index in [1.807, 2.05) is 4.90 Å². The highest BCUT2D eigenvalue weighted by molar-refractivity contribution is 14.1. The van der Waals surface area contributed by atoms with Crippen LogP contribution in [0.1, 0.15) is 74.6 Å². The van der Waals surface area contributed by atoms with Crippen LogP contribution in [-0.2, 0) is 9.59 Å². The summed E-state index contributed by atoms with van der Waals surface area (Å²) in [6.45, 7) is 0.522. The third-order valence-electron chi connectivity index (χ3n) is 10.7. The Kier molecular flexibility index (Phi) is 9.08. The first kappa shape index (κ1) is 30.8. The van der Waals surface area contributed by atoms with E-state index in [-0.39, 0.29) is 42.7 Å². The van der Waals surface area contributed by atoms with E-state index >= 15 is 0 Å². The summed E-state index contributed by atoms with van der Waals surface area (Å²) in [5.41, 5.74) is 0.917. The molecular weight excluding hydrogens is 663 g/mol. The molecule has 3 N–H and O–H groups in total. The fraction of sp³-hybridized carbons (Fsp3) is 0.667. The summed E-state index contributed by atoms with van der Waals surface area (Å²) in [5, 5.41) is 24.1. The number of hydrogen-bond donors (Lipinski definition) is 3. The van der Waals surface area contributed by atoms with Crippen LogP contribution in [0.4, 0.5) is 0 Å². The van der Waals surface area contributed by atoms with E-state index in [1.165, 1.54) is 26.4 Å². The van der Waals surface area contributed by atoms with Crippen LogP contribution in [0.5, 0.6) is 11.5 Å². The molecule has 3 atom stereocenters. The number of hydrogen-bond acceptors (Lipinski definition) is 7. The second-order valence-corrected chi connectivity index (χ2v) is 14.8. The quantitative estimate of drug-likeness (QED) is 0.236. The van der Waals surface area contributed by atoms with Crippen molar-refractivity contribution in [2.75, 3.05) is 26.8 Å². The Labute approximate surface area is 266 Å². The molecule has 3 unspecified atom stereocenters. The summed E-state index contributed by atoms with van der Waals surface area (Å²) in [5.74, 6) is 2.58. The fourth-order valence-corrected chi connectivity index (χ4v) is 9.68. The Morgan fingerprint density at radius 1 is 1.14 bits per heavy atom. The molecule has 6 aliphatic rings. The van der Waals surface area contributed by atoms with E-state index in [9.17, 15) is 24.6 Å². The van der Waals surface area contributed by atoms with Gasteiger partial charge in [-0.2, -0.15) is 0 Å². The number of methoxy groups -OCH3 is 1. The molecule has 6 aliphatic carbocycles.